The molecule has 1 amide bonds. The highest BCUT2D eigenvalue weighted by molar-refractivity contribution is 7.17. The zero-order valence-corrected chi connectivity index (χ0v) is 19.0. The van der Waals surface area contributed by atoms with Crippen LogP contribution in [0.4, 0.5) is 5.00 Å². The maximum Gasteiger partial charge on any atom is 0.334 e. The predicted molar refractivity (Wildman–Crippen MR) is 117 cm³/mol. The molecule has 164 valence electrons. The maximum absolute atomic E-state index is 13.3. The Balaban J connectivity index is 1.50. The van der Waals surface area contributed by atoms with Crippen LogP contribution in [-0.4, -0.2) is 29.1 Å². The highest BCUT2D eigenvalue weighted by Crippen LogP contribution is 2.47. The molecule has 8 heteroatoms. The number of fused-ring (bicyclic) bond motifs is 1. The molecule has 1 fully saturated rings. The minimum atomic E-state index is -0.424. The van der Waals surface area contributed by atoms with Crippen molar-refractivity contribution in [3.63, 3.8) is 0 Å². The Bertz CT molecular complexity index is 1090. The van der Waals surface area contributed by atoms with Gasteiger partial charge in [0, 0.05) is 21.9 Å². The van der Waals surface area contributed by atoms with Crippen LogP contribution in [-0.2, 0) is 27.2 Å². The number of esters is 1. The third-order valence-corrected chi connectivity index (χ3v) is 7.58. The van der Waals surface area contributed by atoms with Crippen LogP contribution in [0.5, 0.6) is 0 Å². The van der Waals surface area contributed by atoms with E-state index in [2.05, 4.69) is 29.3 Å². The van der Waals surface area contributed by atoms with Crippen LogP contribution in [0.3, 0.4) is 0 Å². The number of ether oxygens (including phenoxy) is 1. The van der Waals surface area contributed by atoms with Gasteiger partial charge in [-0.2, -0.15) is 4.98 Å². The molecule has 2 heterocycles. The van der Waals surface area contributed by atoms with Crippen LogP contribution >= 0.6 is 11.3 Å². The molecule has 7 nitrogen and oxygen atoms in total. The van der Waals surface area contributed by atoms with Crippen LogP contribution in [0.1, 0.15) is 74.6 Å². The van der Waals surface area contributed by atoms with Crippen LogP contribution in [0, 0.1) is 5.41 Å². The van der Waals surface area contributed by atoms with Crippen molar-refractivity contribution in [2.75, 3.05) is 12.4 Å². The van der Waals surface area contributed by atoms with E-state index in [0.717, 1.165) is 54.9 Å². The quantitative estimate of drug-likeness (QED) is 0.671. The highest BCUT2D eigenvalue weighted by Gasteiger charge is 2.38. The van der Waals surface area contributed by atoms with E-state index in [0.29, 0.717) is 35.8 Å². The summed E-state index contributed by atoms with van der Waals surface area (Å²) in [5.74, 6) is 0.987. The van der Waals surface area contributed by atoms with E-state index in [1.165, 1.54) is 17.6 Å². The first-order chi connectivity index (χ1) is 14.9. The van der Waals surface area contributed by atoms with Gasteiger partial charge < -0.3 is 14.6 Å². The molecule has 0 atom stereocenters. The van der Waals surface area contributed by atoms with Gasteiger partial charge >= 0.3 is 5.97 Å². The van der Waals surface area contributed by atoms with Crippen molar-refractivity contribution in [3.8, 4) is 11.5 Å². The van der Waals surface area contributed by atoms with Gasteiger partial charge in [0.15, 0.2) is 5.82 Å². The number of hydrogen-bond donors (Lipinski definition) is 1. The van der Waals surface area contributed by atoms with Gasteiger partial charge in [0.1, 0.15) is 5.00 Å². The van der Waals surface area contributed by atoms with Crippen LogP contribution in [0.25, 0.3) is 11.5 Å². The summed E-state index contributed by atoms with van der Waals surface area (Å²) >= 11 is 1.59. The molecule has 0 aromatic carbocycles. The molecule has 1 saturated carbocycles. The summed E-state index contributed by atoms with van der Waals surface area (Å²) in [6.45, 7) is 4.12. The number of amides is 1. The molecule has 3 aliphatic rings. The summed E-state index contributed by atoms with van der Waals surface area (Å²) in [6.07, 6.45) is 7.47. The number of carbonyl (C=O) groups is 2. The highest BCUT2D eigenvalue weighted by atomic mass is 32.1. The van der Waals surface area contributed by atoms with E-state index in [1.54, 1.807) is 11.3 Å². The molecule has 1 N–H and O–H groups in total. The lowest BCUT2D eigenvalue weighted by Gasteiger charge is -2.16. The van der Waals surface area contributed by atoms with Crippen LogP contribution in [0.2, 0.25) is 0 Å². The van der Waals surface area contributed by atoms with Gasteiger partial charge in [0.2, 0.25) is 0 Å². The zero-order chi connectivity index (χ0) is 21.8. The molecule has 2 aromatic heterocycles. The normalized spacial score (nSPS) is 20.0. The fourth-order valence-electron chi connectivity index (χ4n) is 4.67. The van der Waals surface area contributed by atoms with Crippen LogP contribution in [0.15, 0.2) is 15.7 Å². The molecule has 0 aliphatic heterocycles. The Morgan fingerprint density at radius 3 is 2.65 bits per heavy atom. The number of methoxy groups -OCH3 is 1. The first kappa shape index (κ1) is 20.4. The second-order valence-electron chi connectivity index (χ2n) is 9.57. The number of aromatic nitrogens is 2. The first-order valence-corrected chi connectivity index (χ1v) is 11.8. The average molecular weight is 442 g/mol. The Hall–Kier alpha value is -2.48. The van der Waals surface area contributed by atoms with Crippen molar-refractivity contribution >= 4 is 28.2 Å². The van der Waals surface area contributed by atoms with E-state index in [9.17, 15) is 9.59 Å². The Labute approximate surface area is 185 Å². The number of thiophene rings is 1. The molecule has 0 bridgehead atoms. The fraction of sp³-hybridized carbons (Fsp3) is 0.565. The number of rotatable bonds is 5. The van der Waals surface area contributed by atoms with Crippen molar-refractivity contribution in [2.24, 2.45) is 5.41 Å². The largest absolute Gasteiger partial charge is 0.466 e. The monoisotopic (exact) mass is 441 g/mol. The van der Waals surface area contributed by atoms with E-state index in [1.807, 2.05) is 0 Å². The number of hydrogen-bond acceptors (Lipinski definition) is 7. The number of carbonyl (C=O) groups excluding carboxylic acids is 2. The molecule has 0 spiro atoms. The van der Waals surface area contributed by atoms with E-state index in [-0.39, 0.29) is 11.3 Å². The van der Waals surface area contributed by atoms with Gasteiger partial charge in [0.25, 0.3) is 11.8 Å². The smallest absolute Gasteiger partial charge is 0.334 e. The minimum Gasteiger partial charge on any atom is -0.466 e. The summed E-state index contributed by atoms with van der Waals surface area (Å²) in [5, 5.41) is 8.02. The summed E-state index contributed by atoms with van der Waals surface area (Å²) in [5.41, 5.74) is 2.91. The Kier molecular flexibility index (Phi) is 5.00. The lowest BCUT2D eigenvalue weighted by Crippen LogP contribution is -2.17. The minimum absolute atomic E-state index is 0.153. The average Bonchev–Trinajstić information content (AvgIpc) is 3.22. The van der Waals surface area contributed by atoms with Gasteiger partial charge in [0.05, 0.1) is 12.7 Å². The van der Waals surface area contributed by atoms with Gasteiger partial charge in [-0.15, -0.1) is 11.3 Å². The van der Waals surface area contributed by atoms with E-state index < -0.39 is 5.97 Å². The standard InChI is InChI=1S/C23H27N3O4S/c1-23(2)10-14(15(11-23)22(28)29-3)19(27)25-21-17(13-6-4-5-7-16(13)31-21)20-24-18(26-30-20)12-8-9-12/h12H,4-11H2,1-3H3,(H,25,27). The molecule has 0 saturated heterocycles. The van der Waals surface area contributed by atoms with Crippen molar-refractivity contribution < 1.29 is 18.8 Å². The fourth-order valence-corrected chi connectivity index (χ4v) is 5.95. The molecular formula is C23H27N3O4S. The second kappa shape index (κ2) is 7.58. The molecule has 5 rings (SSSR count). The molecular weight excluding hydrogens is 414 g/mol. The summed E-state index contributed by atoms with van der Waals surface area (Å²) in [6, 6.07) is 0. The predicted octanol–water partition coefficient (Wildman–Crippen LogP) is 4.78. The van der Waals surface area contributed by atoms with Crippen molar-refractivity contribution in [1.82, 2.24) is 10.1 Å². The number of nitrogens with one attached hydrogen (secondary N) is 1. The molecule has 0 unspecified atom stereocenters. The summed E-state index contributed by atoms with van der Waals surface area (Å²) < 4.78 is 10.6. The third kappa shape index (κ3) is 3.82. The molecule has 31 heavy (non-hydrogen) atoms. The number of aryl methyl sites for hydroxylation is 1. The SMILES string of the molecule is COC(=O)C1=C(C(=O)Nc2sc3c(c2-c2nc(C4CC4)no2)CCCC3)CC(C)(C)C1. The summed E-state index contributed by atoms with van der Waals surface area (Å²) in [7, 11) is 1.36. The second-order valence-corrected chi connectivity index (χ2v) is 10.7. The van der Waals surface area contributed by atoms with Gasteiger partial charge in [-0.3, -0.25) is 4.79 Å². The molecule has 2 aromatic rings. The van der Waals surface area contributed by atoms with Crippen LogP contribution < -0.4 is 5.32 Å². The Morgan fingerprint density at radius 1 is 1.16 bits per heavy atom. The first-order valence-electron chi connectivity index (χ1n) is 11.0. The van der Waals surface area contributed by atoms with E-state index in [4.69, 9.17) is 9.26 Å². The van der Waals surface area contributed by atoms with Crippen molar-refractivity contribution in [2.45, 2.75) is 71.1 Å². The lowest BCUT2D eigenvalue weighted by atomic mass is 9.89. The van der Waals surface area contributed by atoms with Gasteiger partial charge in [-0.25, -0.2) is 4.79 Å². The van der Waals surface area contributed by atoms with Crippen molar-refractivity contribution in [1.29, 1.82) is 0 Å². The number of nitrogens with zero attached hydrogens (tertiary/aromatic N) is 2. The maximum atomic E-state index is 13.3. The topological polar surface area (TPSA) is 94.3 Å². The van der Waals surface area contributed by atoms with Gasteiger partial charge in [-0.05, 0) is 62.3 Å². The molecule has 0 radical (unpaired) electrons. The summed E-state index contributed by atoms with van der Waals surface area (Å²) in [4.78, 5) is 31.5. The van der Waals surface area contributed by atoms with Crippen molar-refractivity contribution in [3.05, 3.63) is 27.4 Å². The lowest BCUT2D eigenvalue weighted by molar-refractivity contribution is -0.136. The Morgan fingerprint density at radius 2 is 1.90 bits per heavy atom. The third-order valence-electron chi connectivity index (χ3n) is 6.38. The zero-order valence-electron chi connectivity index (χ0n) is 18.2. The number of anilines is 1. The molecule has 3 aliphatic carbocycles. The van der Waals surface area contributed by atoms with E-state index >= 15 is 0 Å². The van der Waals surface area contributed by atoms with Gasteiger partial charge in [-0.1, -0.05) is 19.0 Å².